The summed E-state index contributed by atoms with van der Waals surface area (Å²) >= 11 is 0. The van der Waals surface area contributed by atoms with Crippen LogP contribution in [0.4, 0.5) is 27.6 Å². The molecule has 0 radical (unpaired) electrons. The molecule has 8 nitrogen and oxygen atoms in total. The van der Waals surface area contributed by atoms with Gasteiger partial charge in [-0.05, 0) is 41.5 Å². The van der Waals surface area contributed by atoms with Crippen LogP contribution in [0, 0.1) is 21.7 Å². The molecule has 13 heteroatoms. The molecule has 5 rings (SSSR count). The highest BCUT2D eigenvalue weighted by molar-refractivity contribution is 5.72. The number of nitro benzene ring substituents is 1. The van der Waals surface area contributed by atoms with E-state index in [9.17, 15) is 32.1 Å². The lowest BCUT2D eigenvalue weighted by Crippen LogP contribution is -2.09. The second-order valence-corrected chi connectivity index (χ2v) is 8.40. The third-order valence-corrected chi connectivity index (χ3v) is 5.96. The molecule has 0 aromatic heterocycles. The molecule has 198 valence electrons. The number of hydrogen-bond acceptors (Lipinski definition) is 6. The van der Waals surface area contributed by atoms with Crippen LogP contribution in [0.2, 0.25) is 0 Å². The Morgan fingerprint density at radius 1 is 1.00 bits per heavy atom. The zero-order chi connectivity index (χ0) is 27.9. The number of imidazole rings is 1. The van der Waals surface area contributed by atoms with Crippen LogP contribution in [-0.4, -0.2) is 31.8 Å². The number of methoxy groups -OCH3 is 1. The number of alkyl halides is 3. The molecule has 3 aromatic rings. The summed E-state index contributed by atoms with van der Waals surface area (Å²) in [4.78, 5) is 19.5. The summed E-state index contributed by atoms with van der Waals surface area (Å²) in [6, 6.07) is 10.7. The number of halogens is 5. The summed E-state index contributed by atoms with van der Waals surface area (Å²) in [6.07, 6.45) is -1.98. The first-order valence-electron chi connectivity index (χ1n) is 11.2. The van der Waals surface area contributed by atoms with Gasteiger partial charge in [-0.1, -0.05) is 18.2 Å². The summed E-state index contributed by atoms with van der Waals surface area (Å²) in [7, 11) is 1.24. The number of nitro groups is 1. The molecule has 2 heterocycles. The van der Waals surface area contributed by atoms with Gasteiger partial charge in [0.25, 0.3) is 5.69 Å². The fourth-order valence-electron chi connectivity index (χ4n) is 4.09. The minimum absolute atomic E-state index is 0.00231. The van der Waals surface area contributed by atoms with Crippen molar-refractivity contribution in [2.45, 2.75) is 12.7 Å². The molecule has 2 aliphatic heterocycles. The molecular formula is C26H16F5N5O3. The van der Waals surface area contributed by atoms with E-state index in [0.717, 1.165) is 18.2 Å². The molecule has 39 heavy (non-hydrogen) atoms. The SMILES string of the molecule is COc1ccc(-c2ccc(Cn3cc4nc(-c5cccc(F)c5F)nc-4cn3)c([N+](=O)[O-])c2)c(C(F)(F)F)c1. The van der Waals surface area contributed by atoms with Crippen LogP contribution < -0.4 is 4.74 Å². The average molecular weight is 541 g/mol. The zero-order valence-electron chi connectivity index (χ0n) is 19.9. The summed E-state index contributed by atoms with van der Waals surface area (Å²) in [5.41, 5.74) is -1.07. The predicted octanol–water partition coefficient (Wildman–Crippen LogP) is 6.37. The van der Waals surface area contributed by atoms with Crippen molar-refractivity contribution in [3.8, 4) is 39.7 Å². The minimum atomic E-state index is -4.72. The molecule has 0 fully saturated rings. The van der Waals surface area contributed by atoms with Crippen molar-refractivity contribution in [2.24, 2.45) is 0 Å². The molecule has 0 saturated heterocycles. The fraction of sp³-hybridized carbons (Fsp3) is 0.115. The van der Waals surface area contributed by atoms with Gasteiger partial charge >= 0.3 is 6.18 Å². The van der Waals surface area contributed by atoms with Gasteiger partial charge in [-0.25, -0.2) is 18.7 Å². The lowest BCUT2D eigenvalue weighted by molar-refractivity contribution is -0.385. The van der Waals surface area contributed by atoms with E-state index < -0.39 is 34.0 Å². The van der Waals surface area contributed by atoms with Gasteiger partial charge in [-0.2, -0.15) is 18.3 Å². The van der Waals surface area contributed by atoms with Gasteiger partial charge in [-0.15, -0.1) is 0 Å². The molecule has 0 atom stereocenters. The van der Waals surface area contributed by atoms with E-state index in [1.165, 1.54) is 60.6 Å². The molecule has 0 N–H and O–H groups in total. The first-order chi connectivity index (χ1) is 18.5. The van der Waals surface area contributed by atoms with Crippen LogP contribution in [0.25, 0.3) is 33.9 Å². The van der Waals surface area contributed by atoms with Crippen molar-refractivity contribution >= 4 is 5.69 Å². The lowest BCUT2D eigenvalue weighted by Gasteiger charge is -2.15. The largest absolute Gasteiger partial charge is 0.497 e. The smallest absolute Gasteiger partial charge is 0.417 e. The van der Waals surface area contributed by atoms with Crippen LogP contribution in [0.1, 0.15) is 11.1 Å². The highest BCUT2D eigenvalue weighted by Gasteiger charge is 2.34. The van der Waals surface area contributed by atoms with Gasteiger partial charge in [0.05, 0.1) is 47.7 Å². The number of hydrogen-bond donors (Lipinski definition) is 0. The average Bonchev–Trinajstić information content (AvgIpc) is 3.32. The second-order valence-electron chi connectivity index (χ2n) is 8.40. The number of benzene rings is 3. The van der Waals surface area contributed by atoms with Gasteiger partial charge in [0.1, 0.15) is 17.1 Å². The third kappa shape index (κ3) is 4.98. The summed E-state index contributed by atoms with van der Waals surface area (Å²) < 4.78 is 75.1. The van der Waals surface area contributed by atoms with E-state index in [1.807, 2.05) is 0 Å². The van der Waals surface area contributed by atoms with Gasteiger partial charge in [0.15, 0.2) is 17.5 Å². The molecule has 0 saturated carbocycles. The molecule has 0 spiro atoms. The molecule has 0 unspecified atom stereocenters. The topological polar surface area (TPSA) is 96.0 Å². The molecule has 0 amide bonds. The molecular weight excluding hydrogens is 525 g/mol. The van der Waals surface area contributed by atoms with Crippen molar-refractivity contribution in [2.75, 3.05) is 7.11 Å². The van der Waals surface area contributed by atoms with E-state index >= 15 is 0 Å². The van der Waals surface area contributed by atoms with Crippen LogP contribution in [0.15, 0.2) is 67.0 Å². The first-order valence-corrected chi connectivity index (χ1v) is 11.2. The van der Waals surface area contributed by atoms with E-state index in [1.54, 1.807) is 0 Å². The Labute approximate surface area is 216 Å². The first kappa shape index (κ1) is 25.7. The van der Waals surface area contributed by atoms with Crippen LogP contribution in [0.5, 0.6) is 5.75 Å². The summed E-state index contributed by atoms with van der Waals surface area (Å²) in [6.45, 7) is -0.127. The number of aromatic nitrogens is 4. The molecule has 0 aliphatic carbocycles. The number of fused-ring (bicyclic) bond motifs is 1. The predicted molar refractivity (Wildman–Crippen MR) is 129 cm³/mol. The third-order valence-electron chi connectivity index (χ3n) is 5.96. The van der Waals surface area contributed by atoms with Crippen molar-refractivity contribution in [3.05, 3.63) is 99.9 Å². The lowest BCUT2D eigenvalue weighted by atomic mass is 9.97. The van der Waals surface area contributed by atoms with E-state index in [0.29, 0.717) is 0 Å². The summed E-state index contributed by atoms with van der Waals surface area (Å²) in [5, 5.41) is 16.0. The van der Waals surface area contributed by atoms with Crippen LogP contribution in [0.3, 0.4) is 0 Å². The van der Waals surface area contributed by atoms with Crippen molar-refractivity contribution < 1.29 is 31.6 Å². The van der Waals surface area contributed by atoms with E-state index in [4.69, 9.17) is 4.74 Å². The maximum absolute atomic E-state index is 14.2. The summed E-state index contributed by atoms with van der Waals surface area (Å²) in [5.74, 6) is -2.22. The zero-order valence-corrected chi connectivity index (χ0v) is 19.9. The molecule has 0 bridgehead atoms. The van der Waals surface area contributed by atoms with Crippen molar-refractivity contribution in [1.82, 2.24) is 19.7 Å². The van der Waals surface area contributed by atoms with Crippen molar-refractivity contribution in [1.29, 1.82) is 0 Å². The minimum Gasteiger partial charge on any atom is -0.497 e. The Morgan fingerprint density at radius 3 is 2.49 bits per heavy atom. The van der Waals surface area contributed by atoms with Gasteiger partial charge in [-0.3, -0.25) is 14.8 Å². The monoisotopic (exact) mass is 541 g/mol. The molecule has 2 aliphatic rings. The van der Waals surface area contributed by atoms with Gasteiger partial charge in [0, 0.05) is 6.07 Å². The second kappa shape index (κ2) is 9.74. The quantitative estimate of drug-likeness (QED) is 0.141. The fourth-order valence-corrected chi connectivity index (χ4v) is 4.09. The Bertz CT molecular complexity index is 1690. The number of nitrogens with zero attached hydrogens (tertiary/aromatic N) is 5. The van der Waals surface area contributed by atoms with Crippen LogP contribution >= 0.6 is 0 Å². The highest BCUT2D eigenvalue weighted by Crippen LogP contribution is 2.40. The Kier molecular flexibility index (Phi) is 6.42. The van der Waals surface area contributed by atoms with Gasteiger partial charge < -0.3 is 4.74 Å². The van der Waals surface area contributed by atoms with Crippen LogP contribution in [-0.2, 0) is 12.7 Å². The van der Waals surface area contributed by atoms with E-state index in [-0.39, 0.29) is 51.8 Å². The number of rotatable bonds is 6. The number of ether oxygens (including phenoxy) is 1. The molecule has 3 aromatic carbocycles. The van der Waals surface area contributed by atoms with E-state index in [2.05, 4.69) is 15.1 Å². The highest BCUT2D eigenvalue weighted by atomic mass is 19.4. The maximum atomic E-state index is 14.2. The Hall–Kier alpha value is -4.94. The van der Waals surface area contributed by atoms with Gasteiger partial charge in [0.2, 0.25) is 0 Å². The standard InChI is InChI=1S/C26H16F5N5O3/c1-39-16-7-8-17(19(10-16)26(29,30)31)14-5-6-15(23(9-14)36(37)38)12-35-13-22-21(11-32-35)33-25(34-22)18-3-2-4-20(27)24(18)28/h2-11,13H,12H2,1H3. The Balaban J connectivity index is 1.50. The normalized spacial score (nSPS) is 11.6. The maximum Gasteiger partial charge on any atom is 0.417 e. The van der Waals surface area contributed by atoms with Crippen molar-refractivity contribution in [3.63, 3.8) is 0 Å². The Morgan fingerprint density at radius 2 is 1.77 bits per heavy atom.